The van der Waals surface area contributed by atoms with Crippen LogP contribution in [0, 0.1) is 12.3 Å². The number of nitrogens with zero attached hydrogens (tertiary/aromatic N) is 1. The third kappa shape index (κ3) is 3.84. The highest BCUT2D eigenvalue weighted by Crippen LogP contribution is 2.47. The van der Waals surface area contributed by atoms with E-state index in [0.717, 1.165) is 28.9 Å². The molecule has 2 N–H and O–H groups in total. The molecule has 1 aliphatic heterocycles. The molecule has 2 aliphatic rings. The van der Waals surface area contributed by atoms with E-state index in [2.05, 4.69) is 0 Å². The summed E-state index contributed by atoms with van der Waals surface area (Å²) in [6, 6.07) is 24.5. The van der Waals surface area contributed by atoms with E-state index >= 15 is 0 Å². The van der Waals surface area contributed by atoms with Gasteiger partial charge in [-0.05, 0) is 49.6 Å². The van der Waals surface area contributed by atoms with Gasteiger partial charge in [-0.3, -0.25) is 15.1 Å². The maximum Gasteiger partial charge on any atom is 0.161 e. The zero-order chi connectivity index (χ0) is 23.8. The number of aliphatic hydroxyl groups excluding tert-OH is 1. The van der Waals surface area contributed by atoms with E-state index in [-0.39, 0.29) is 17.4 Å². The van der Waals surface area contributed by atoms with E-state index in [0.29, 0.717) is 34.6 Å². The SMILES string of the molecule is Cc1ccc(/C(O)=C2\C(=N)N(c3ccc(Cl)cc3)C3=C(C(=O)CCC3)[C@H]2c2ccccc2)cc1. The summed E-state index contributed by atoms with van der Waals surface area (Å²) in [7, 11) is 0. The number of amidine groups is 1. The van der Waals surface area contributed by atoms with Crippen LogP contribution in [-0.4, -0.2) is 16.7 Å². The van der Waals surface area contributed by atoms with Crippen LogP contribution in [0.2, 0.25) is 5.02 Å². The zero-order valence-corrected chi connectivity index (χ0v) is 19.6. The lowest BCUT2D eigenvalue weighted by molar-refractivity contribution is -0.116. The highest BCUT2D eigenvalue weighted by molar-refractivity contribution is 6.30. The molecular weight excluding hydrogens is 444 g/mol. The molecule has 0 bridgehead atoms. The molecule has 34 heavy (non-hydrogen) atoms. The standard InChI is InChI=1S/C29H25ClN2O2/c1-18-10-12-20(13-11-18)28(34)27-25(19-6-3-2-4-7-19)26-23(8-5-9-24(26)33)32(29(27)31)22-16-14-21(30)15-17-22/h2-4,6-7,10-17,25,31,34H,5,8-9H2,1H3/b28-27+,31-29?/t25-/m1/s1. The topological polar surface area (TPSA) is 64.4 Å². The van der Waals surface area contributed by atoms with Gasteiger partial charge in [0.1, 0.15) is 11.6 Å². The highest BCUT2D eigenvalue weighted by atomic mass is 35.5. The average Bonchev–Trinajstić information content (AvgIpc) is 2.85. The molecule has 0 spiro atoms. The quantitative estimate of drug-likeness (QED) is 0.399. The van der Waals surface area contributed by atoms with Gasteiger partial charge in [-0.1, -0.05) is 71.8 Å². The van der Waals surface area contributed by atoms with Crippen LogP contribution in [0.25, 0.3) is 5.76 Å². The summed E-state index contributed by atoms with van der Waals surface area (Å²) in [6.07, 6.45) is 1.88. The number of carbonyl (C=O) groups is 1. The second-order valence-electron chi connectivity index (χ2n) is 8.77. The van der Waals surface area contributed by atoms with Gasteiger partial charge in [-0.15, -0.1) is 0 Å². The number of carbonyl (C=O) groups excluding carboxylic acids is 1. The molecular formula is C29H25ClN2O2. The fourth-order valence-electron chi connectivity index (χ4n) is 4.91. The van der Waals surface area contributed by atoms with Gasteiger partial charge in [0.25, 0.3) is 0 Å². The van der Waals surface area contributed by atoms with E-state index in [1.54, 1.807) is 12.1 Å². The van der Waals surface area contributed by atoms with Gasteiger partial charge in [-0.25, -0.2) is 0 Å². The molecule has 1 atom stereocenters. The first-order valence-electron chi connectivity index (χ1n) is 11.4. The number of hydrogen-bond acceptors (Lipinski definition) is 3. The molecule has 0 amide bonds. The number of nitrogens with one attached hydrogen (secondary N) is 1. The Balaban J connectivity index is 1.81. The molecule has 170 valence electrons. The largest absolute Gasteiger partial charge is 0.507 e. The number of Topliss-reactive ketones (excluding diaryl/α,β-unsaturated/α-hetero) is 1. The molecule has 0 saturated carbocycles. The normalized spacial score (nSPS) is 19.8. The maximum absolute atomic E-state index is 13.4. The number of allylic oxidation sites excluding steroid dienone is 2. The van der Waals surface area contributed by atoms with Gasteiger partial charge < -0.3 is 5.11 Å². The van der Waals surface area contributed by atoms with Crippen LogP contribution in [0.3, 0.4) is 0 Å². The van der Waals surface area contributed by atoms with Crippen LogP contribution in [0.4, 0.5) is 5.69 Å². The van der Waals surface area contributed by atoms with Gasteiger partial charge in [0.15, 0.2) is 5.78 Å². The van der Waals surface area contributed by atoms with Crippen molar-refractivity contribution in [2.75, 3.05) is 4.90 Å². The van der Waals surface area contributed by atoms with E-state index in [4.69, 9.17) is 11.6 Å². The molecule has 4 nitrogen and oxygen atoms in total. The Bertz CT molecular complexity index is 1320. The predicted molar refractivity (Wildman–Crippen MR) is 137 cm³/mol. The van der Waals surface area contributed by atoms with Crippen molar-refractivity contribution >= 4 is 34.7 Å². The van der Waals surface area contributed by atoms with Crippen molar-refractivity contribution in [3.05, 3.63) is 117 Å². The molecule has 0 fully saturated rings. The number of aliphatic hydroxyl groups is 1. The highest BCUT2D eigenvalue weighted by Gasteiger charge is 2.43. The number of halogens is 1. The van der Waals surface area contributed by atoms with E-state index in [1.807, 2.05) is 78.6 Å². The Morgan fingerprint density at radius 1 is 0.971 bits per heavy atom. The van der Waals surface area contributed by atoms with Gasteiger partial charge in [-0.2, -0.15) is 0 Å². The molecule has 3 aromatic carbocycles. The first-order chi connectivity index (χ1) is 16.5. The Morgan fingerprint density at radius 3 is 2.32 bits per heavy atom. The summed E-state index contributed by atoms with van der Waals surface area (Å²) < 4.78 is 0. The number of anilines is 1. The lowest BCUT2D eigenvalue weighted by Crippen LogP contribution is -2.42. The smallest absolute Gasteiger partial charge is 0.161 e. The minimum atomic E-state index is -0.513. The van der Waals surface area contributed by atoms with E-state index < -0.39 is 5.92 Å². The van der Waals surface area contributed by atoms with Gasteiger partial charge >= 0.3 is 0 Å². The number of rotatable bonds is 3. The van der Waals surface area contributed by atoms with Crippen molar-refractivity contribution in [2.45, 2.75) is 32.1 Å². The molecule has 0 aromatic heterocycles. The number of ketones is 1. The lowest BCUT2D eigenvalue weighted by Gasteiger charge is -2.41. The number of hydrogen-bond donors (Lipinski definition) is 2. The number of aryl methyl sites for hydroxylation is 1. The molecule has 5 heteroatoms. The lowest BCUT2D eigenvalue weighted by atomic mass is 9.73. The monoisotopic (exact) mass is 468 g/mol. The van der Waals surface area contributed by atoms with E-state index in [9.17, 15) is 15.3 Å². The second kappa shape index (κ2) is 8.96. The van der Waals surface area contributed by atoms with Crippen LogP contribution in [0.5, 0.6) is 0 Å². The molecule has 1 heterocycles. The number of benzene rings is 3. The van der Waals surface area contributed by atoms with Gasteiger partial charge in [0.05, 0.1) is 0 Å². The second-order valence-corrected chi connectivity index (χ2v) is 9.21. The summed E-state index contributed by atoms with van der Waals surface area (Å²) in [4.78, 5) is 15.2. The van der Waals surface area contributed by atoms with Crippen molar-refractivity contribution in [1.29, 1.82) is 5.41 Å². The van der Waals surface area contributed by atoms with Crippen LogP contribution in [-0.2, 0) is 4.79 Å². The van der Waals surface area contributed by atoms with Crippen molar-refractivity contribution < 1.29 is 9.90 Å². The summed E-state index contributed by atoms with van der Waals surface area (Å²) in [5.74, 6) is -0.262. The summed E-state index contributed by atoms with van der Waals surface area (Å²) >= 11 is 6.14. The zero-order valence-electron chi connectivity index (χ0n) is 18.9. The van der Waals surface area contributed by atoms with Gasteiger partial charge in [0.2, 0.25) is 0 Å². The van der Waals surface area contributed by atoms with Crippen molar-refractivity contribution in [2.24, 2.45) is 0 Å². The van der Waals surface area contributed by atoms with Crippen molar-refractivity contribution in [3.8, 4) is 0 Å². The molecule has 0 radical (unpaired) electrons. The Kier molecular flexibility index (Phi) is 5.84. The Hall–Kier alpha value is -3.63. The maximum atomic E-state index is 13.4. The van der Waals surface area contributed by atoms with Crippen LogP contribution in [0.15, 0.2) is 95.7 Å². The third-order valence-corrected chi connectivity index (χ3v) is 6.80. The summed E-state index contributed by atoms with van der Waals surface area (Å²) in [6.45, 7) is 1.99. The van der Waals surface area contributed by atoms with Crippen molar-refractivity contribution in [3.63, 3.8) is 0 Å². The molecule has 1 aliphatic carbocycles. The fourth-order valence-corrected chi connectivity index (χ4v) is 5.04. The Morgan fingerprint density at radius 2 is 1.65 bits per heavy atom. The van der Waals surface area contributed by atoms with Crippen LogP contribution < -0.4 is 4.90 Å². The molecule has 3 aromatic rings. The minimum absolute atomic E-state index is 0.0164. The summed E-state index contributed by atoms with van der Waals surface area (Å²) in [5.41, 5.74) is 5.26. The first kappa shape index (κ1) is 22.2. The molecule has 0 unspecified atom stereocenters. The van der Waals surface area contributed by atoms with Crippen LogP contribution >= 0.6 is 11.6 Å². The average molecular weight is 469 g/mol. The molecule has 0 saturated heterocycles. The van der Waals surface area contributed by atoms with Crippen LogP contribution in [0.1, 0.15) is 41.9 Å². The van der Waals surface area contributed by atoms with Gasteiger partial charge in [0, 0.05) is 45.5 Å². The van der Waals surface area contributed by atoms with E-state index in [1.165, 1.54) is 0 Å². The summed E-state index contributed by atoms with van der Waals surface area (Å²) in [5, 5.41) is 21.5. The minimum Gasteiger partial charge on any atom is -0.507 e. The predicted octanol–water partition coefficient (Wildman–Crippen LogP) is 7.21. The molecule has 5 rings (SSSR count). The third-order valence-electron chi connectivity index (χ3n) is 6.55. The Labute approximate surface area is 204 Å². The van der Waals surface area contributed by atoms with Crippen molar-refractivity contribution in [1.82, 2.24) is 0 Å². The fraction of sp³-hybridized carbons (Fsp3) is 0.172. The first-order valence-corrected chi connectivity index (χ1v) is 11.8.